The highest BCUT2D eigenvalue weighted by atomic mass is 16.7. The molecule has 38 heavy (non-hydrogen) atoms. The van der Waals surface area contributed by atoms with Crippen LogP contribution < -0.4 is 0 Å². The number of carbonyl (C=O) groups is 4. The Kier molecular flexibility index (Phi) is 6.83. The van der Waals surface area contributed by atoms with Crippen molar-refractivity contribution in [1.82, 2.24) is 0 Å². The van der Waals surface area contributed by atoms with Crippen LogP contribution in [0, 0.1) is 46.3 Å². The van der Waals surface area contributed by atoms with Crippen LogP contribution in [0.25, 0.3) is 0 Å². The van der Waals surface area contributed by atoms with Crippen molar-refractivity contribution in [2.45, 2.75) is 111 Å². The van der Waals surface area contributed by atoms with E-state index in [4.69, 9.17) is 9.47 Å². The molecular weight excluding hydrogens is 484 g/mol. The summed E-state index contributed by atoms with van der Waals surface area (Å²) in [7, 11) is 0. The van der Waals surface area contributed by atoms with Gasteiger partial charge in [0, 0.05) is 11.3 Å². The predicted molar refractivity (Wildman–Crippen MR) is 140 cm³/mol. The SMILES string of the molecule is CC(C)C1CCC(OC(=O)OC2(C(=O)O)C(C)C[C@H]3[C@@H]4CCC5=CC(=O)CC(=O)[C@]5(C)[C@H]4CC[C@@]32C)CC1. The standard InChI is InChI=1S/C31H44O7/c1-17(2)19-6-9-22(10-7-19)37-28(36)38-31(27(34)35)18(3)14-25-23-11-8-20-15-21(32)16-26(33)30(20,5)24(23)12-13-29(25,31)4/h15,17-19,22-25H,6-14,16H2,1-5H3,(H,34,35)/t18?,19?,22?,23-,24+,25+,29+,30+,31?/m1/s1. The summed E-state index contributed by atoms with van der Waals surface area (Å²) in [4.78, 5) is 51.6. The number of rotatable bonds is 4. The monoisotopic (exact) mass is 528 g/mol. The Morgan fingerprint density at radius 1 is 1.03 bits per heavy atom. The molecule has 0 aromatic rings. The van der Waals surface area contributed by atoms with Gasteiger partial charge in [0.05, 0.1) is 11.8 Å². The number of fused-ring (bicyclic) bond motifs is 5. The second-order valence-corrected chi connectivity index (χ2v) is 13.7. The van der Waals surface area contributed by atoms with Crippen molar-refractivity contribution in [1.29, 1.82) is 0 Å². The number of Topliss-reactive ketones (excluding diaryl/α,β-unsaturated/α-hetero) is 1. The fourth-order valence-corrected chi connectivity index (χ4v) is 9.63. The van der Waals surface area contributed by atoms with E-state index >= 15 is 0 Å². The van der Waals surface area contributed by atoms with Crippen LogP contribution in [0.5, 0.6) is 0 Å². The van der Waals surface area contributed by atoms with Crippen LogP contribution in [-0.4, -0.2) is 40.5 Å². The van der Waals surface area contributed by atoms with Crippen molar-refractivity contribution in [3.8, 4) is 0 Å². The molecule has 7 atom stereocenters. The van der Waals surface area contributed by atoms with E-state index in [9.17, 15) is 24.3 Å². The smallest absolute Gasteiger partial charge is 0.478 e. The van der Waals surface area contributed by atoms with E-state index < -0.39 is 28.6 Å². The molecule has 0 heterocycles. The van der Waals surface area contributed by atoms with Crippen LogP contribution >= 0.6 is 0 Å². The summed E-state index contributed by atoms with van der Waals surface area (Å²) in [5.41, 5.74) is -2.15. The molecule has 210 valence electrons. The molecule has 2 unspecified atom stereocenters. The van der Waals surface area contributed by atoms with Crippen molar-refractivity contribution in [3.05, 3.63) is 11.6 Å². The van der Waals surface area contributed by atoms with E-state index in [-0.39, 0.29) is 47.8 Å². The molecule has 7 heteroatoms. The highest BCUT2D eigenvalue weighted by molar-refractivity contribution is 6.11. The second-order valence-electron chi connectivity index (χ2n) is 13.7. The molecule has 4 saturated carbocycles. The summed E-state index contributed by atoms with van der Waals surface area (Å²) in [5, 5.41) is 10.7. The summed E-state index contributed by atoms with van der Waals surface area (Å²) in [6.45, 7) is 10.3. The Hall–Kier alpha value is -2.18. The van der Waals surface area contributed by atoms with Gasteiger partial charge in [0.25, 0.3) is 0 Å². The van der Waals surface area contributed by atoms with Gasteiger partial charge in [-0.1, -0.05) is 33.3 Å². The van der Waals surface area contributed by atoms with Gasteiger partial charge in [-0.2, -0.15) is 0 Å². The number of aliphatic carboxylic acids is 1. The number of carboxylic acid groups (broad SMARTS) is 1. The Morgan fingerprint density at radius 3 is 2.34 bits per heavy atom. The number of hydrogen-bond donors (Lipinski definition) is 1. The largest absolute Gasteiger partial charge is 0.509 e. The molecule has 0 aromatic heterocycles. The minimum Gasteiger partial charge on any atom is -0.478 e. The molecule has 4 fully saturated rings. The van der Waals surface area contributed by atoms with Gasteiger partial charge < -0.3 is 14.6 Å². The Balaban J connectivity index is 1.38. The molecule has 0 amide bonds. The van der Waals surface area contributed by atoms with Gasteiger partial charge in [-0.05, 0) is 100 Å². The van der Waals surface area contributed by atoms with Crippen molar-refractivity contribution in [3.63, 3.8) is 0 Å². The van der Waals surface area contributed by atoms with Gasteiger partial charge in [0.15, 0.2) is 11.6 Å². The van der Waals surface area contributed by atoms with E-state index in [1.54, 1.807) is 6.08 Å². The Labute approximate surface area is 226 Å². The molecule has 7 nitrogen and oxygen atoms in total. The van der Waals surface area contributed by atoms with Crippen molar-refractivity contribution >= 4 is 23.7 Å². The minimum atomic E-state index is -1.67. The van der Waals surface area contributed by atoms with Gasteiger partial charge in [-0.3, -0.25) is 9.59 Å². The second kappa shape index (κ2) is 9.48. The number of ether oxygens (including phenoxy) is 2. The average Bonchev–Trinajstić information content (AvgIpc) is 3.07. The summed E-state index contributed by atoms with van der Waals surface area (Å²) in [6, 6.07) is 0. The first kappa shape index (κ1) is 27.4. The molecule has 0 radical (unpaired) electrons. The average molecular weight is 529 g/mol. The van der Waals surface area contributed by atoms with Gasteiger partial charge in [-0.25, -0.2) is 9.59 Å². The maximum atomic E-state index is 13.2. The first-order chi connectivity index (χ1) is 17.8. The van der Waals surface area contributed by atoms with Crippen LogP contribution in [0.1, 0.15) is 98.8 Å². The van der Waals surface area contributed by atoms with Crippen LogP contribution in [0.3, 0.4) is 0 Å². The predicted octanol–water partition coefficient (Wildman–Crippen LogP) is 6.13. The van der Waals surface area contributed by atoms with Crippen molar-refractivity contribution < 1.29 is 33.8 Å². The lowest BCUT2D eigenvalue weighted by Gasteiger charge is -2.58. The van der Waals surface area contributed by atoms with Crippen molar-refractivity contribution in [2.24, 2.45) is 46.3 Å². The van der Waals surface area contributed by atoms with Crippen LogP contribution in [0.4, 0.5) is 4.79 Å². The molecule has 0 aromatic carbocycles. The van der Waals surface area contributed by atoms with Gasteiger partial charge >= 0.3 is 12.1 Å². The van der Waals surface area contributed by atoms with E-state index in [0.717, 1.165) is 37.7 Å². The summed E-state index contributed by atoms with van der Waals surface area (Å²) in [6.07, 6.45) is 7.45. The van der Waals surface area contributed by atoms with Gasteiger partial charge in [0.1, 0.15) is 6.10 Å². The summed E-state index contributed by atoms with van der Waals surface area (Å²) >= 11 is 0. The molecule has 5 rings (SSSR count). The Morgan fingerprint density at radius 2 is 1.71 bits per heavy atom. The van der Waals surface area contributed by atoms with E-state index in [1.807, 2.05) is 20.8 Å². The summed E-state index contributed by atoms with van der Waals surface area (Å²) < 4.78 is 11.7. The first-order valence-electron chi connectivity index (χ1n) is 14.7. The topological polar surface area (TPSA) is 107 Å². The third kappa shape index (κ3) is 3.89. The molecule has 5 aliphatic carbocycles. The highest BCUT2D eigenvalue weighted by Gasteiger charge is 2.73. The maximum absolute atomic E-state index is 13.2. The third-order valence-corrected chi connectivity index (χ3v) is 11.9. The van der Waals surface area contributed by atoms with Crippen LogP contribution in [0.2, 0.25) is 0 Å². The van der Waals surface area contributed by atoms with E-state index in [0.29, 0.717) is 37.5 Å². The fraction of sp³-hybridized carbons (Fsp3) is 0.806. The van der Waals surface area contributed by atoms with Crippen LogP contribution in [0.15, 0.2) is 11.6 Å². The highest BCUT2D eigenvalue weighted by Crippen LogP contribution is 2.69. The fourth-order valence-electron chi connectivity index (χ4n) is 9.63. The zero-order valence-electron chi connectivity index (χ0n) is 23.6. The minimum absolute atomic E-state index is 0.000798. The zero-order valence-corrected chi connectivity index (χ0v) is 23.6. The lowest BCUT2D eigenvalue weighted by molar-refractivity contribution is -0.194. The molecular formula is C31H44O7. The van der Waals surface area contributed by atoms with Gasteiger partial charge in [0.2, 0.25) is 5.60 Å². The Bertz CT molecular complexity index is 1050. The van der Waals surface area contributed by atoms with Crippen LogP contribution in [-0.2, 0) is 23.9 Å². The number of carboxylic acids is 1. The molecule has 0 bridgehead atoms. The molecule has 0 saturated heterocycles. The summed E-state index contributed by atoms with van der Waals surface area (Å²) in [5.74, 6) is -0.145. The first-order valence-corrected chi connectivity index (χ1v) is 14.7. The zero-order chi connectivity index (χ0) is 27.6. The number of ketones is 2. The lowest BCUT2D eigenvalue weighted by atomic mass is 9.46. The molecule has 1 N–H and O–H groups in total. The molecule has 0 aliphatic heterocycles. The molecule has 0 spiro atoms. The van der Waals surface area contributed by atoms with Crippen molar-refractivity contribution in [2.75, 3.05) is 0 Å². The van der Waals surface area contributed by atoms with E-state index in [1.165, 1.54) is 0 Å². The number of hydrogen-bond acceptors (Lipinski definition) is 6. The lowest BCUT2D eigenvalue weighted by Crippen LogP contribution is -2.61. The number of carbonyl (C=O) groups excluding carboxylic acids is 3. The number of allylic oxidation sites excluding steroid dienone is 1. The van der Waals surface area contributed by atoms with E-state index in [2.05, 4.69) is 13.8 Å². The normalized spacial score (nSPS) is 44.5. The quantitative estimate of drug-likeness (QED) is 0.345. The maximum Gasteiger partial charge on any atom is 0.509 e. The third-order valence-electron chi connectivity index (χ3n) is 11.9. The van der Waals surface area contributed by atoms with Gasteiger partial charge in [-0.15, -0.1) is 0 Å². The molecule has 5 aliphatic rings.